The van der Waals surface area contributed by atoms with Crippen LogP contribution in [0.1, 0.15) is 109 Å². The zero-order chi connectivity index (χ0) is 27.1. The summed E-state index contributed by atoms with van der Waals surface area (Å²) in [6.45, 7) is 4.25. The number of thioether (sulfide) groups is 1. The smallest absolute Gasteiger partial charge is 0.240 e. The number of hydrogen-bond donors (Lipinski definition) is 0. The topological polar surface area (TPSA) is 49.7 Å². The highest BCUT2D eigenvalue weighted by Gasteiger charge is 2.39. The van der Waals surface area contributed by atoms with Crippen LogP contribution in [0, 0.1) is 6.92 Å². The van der Waals surface area contributed by atoms with Gasteiger partial charge in [-0.05, 0) is 37.6 Å². The number of benzene rings is 2. The van der Waals surface area contributed by atoms with Gasteiger partial charge < -0.3 is 0 Å². The van der Waals surface area contributed by atoms with Gasteiger partial charge in [0.15, 0.2) is 5.17 Å². The van der Waals surface area contributed by atoms with Gasteiger partial charge in [0.05, 0.1) is 16.6 Å². The molecule has 1 aliphatic heterocycles. The van der Waals surface area contributed by atoms with Gasteiger partial charge in [0.25, 0.3) is 10.0 Å². The molecule has 0 radical (unpaired) electrons. The molecule has 1 atom stereocenters. The fraction of sp³-hybridized carbons (Fsp3) is 0.594. The maximum Gasteiger partial charge on any atom is 0.266 e. The molecule has 0 N–H and O–H groups in total. The zero-order valence-electron chi connectivity index (χ0n) is 23.6. The number of nitrogens with zero attached hydrogens (tertiary/aromatic N) is 2. The number of unbranched alkanes of at least 4 members (excludes halogenated alkanes) is 13. The van der Waals surface area contributed by atoms with Gasteiger partial charge >= 0.3 is 0 Å². The highest BCUT2D eigenvalue weighted by atomic mass is 32.2. The molecule has 0 spiro atoms. The van der Waals surface area contributed by atoms with Gasteiger partial charge in [-0.3, -0.25) is 0 Å². The molecule has 0 bridgehead atoms. The Morgan fingerprint density at radius 3 is 1.84 bits per heavy atom. The van der Waals surface area contributed by atoms with Crippen molar-refractivity contribution in [3.05, 3.63) is 60.2 Å². The Hall–Kier alpha value is -1.79. The van der Waals surface area contributed by atoms with Crippen molar-refractivity contribution >= 4 is 32.6 Å². The minimum atomic E-state index is -3.66. The molecule has 6 heteroatoms. The lowest BCUT2D eigenvalue weighted by atomic mass is 10.0. The Bertz CT molecular complexity index is 1050. The fourth-order valence-electron chi connectivity index (χ4n) is 5.05. The van der Waals surface area contributed by atoms with Gasteiger partial charge in [0, 0.05) is 5.75 Å². The molecule has 1 saturated heterocycles. The first-order valence-corrected chi connectivity index (χ1v) is 17.3. The summed E-state index contributed by atoms with van der Waals surface area (Å²) < 4.78 is 29.1. The number of aryl methyl sites for hydroxylation is 1. The molecule has 2 aromatic rings. The predicted molar refractivity (Wildman–Crippen MR) is 165 cm³/mol. The van der Waals surface area contributed by atoms with Crippen LogP contribution in [0.4, 0.5) is 5.69 Å². The summed E-state index contributed by atoms with van der Waals surface area (Å²) in [5.41, 5.74) is 1.84. The lowest BCUT2D eigenvalue weighted by Gasteiger charge is -2.25. The maximum atomic E-state index is 13.7. The number of sulfonamides is 1. The van der Waals surface area contributed by atoms with Crippen LogP contribution < -0.4 is 0 Å². The van der Waals surface area contributed by atoms with Crippen LogP contribution in [0.25, 0.3) is 0 Å². The first-order valence-electron chi connectivity index (χ1n) is 14.9. The van der Waals surface area contributed by atoms with Gasteiger partial charge in [-0.1, -0.05) is 144 Å². The molecule has 0 amide bonds. The molecule has 1 fully saturated rings. The first-order chi connectivity index (χ1) is 18.5. The van der Waals surface area contributed by atoms with E-state index in [0.29, 0.717) is 10.1 Å². The molecule has 0 aromatic heterocycles. The molecular weight excluding hydrogens is 508 g/mol. The number of para-hydroxylation sites is 1. The molecule has 3 rings (SSSR count). The van der Waals surface area contributed by atoms with Gasteiger partial charge in [0.1, 0.15) is 0 Å². The molecule has 1 unspecified atom stereocenters. The molecule has 1 aliphatic rings. The van der Waals surface area contributed by atoms with Crippen LogP contribution in [-0.2, 0) is 10.0 Å². The van der Waals surface area contributed by atoms with E-state index in [2.05, 4.69) is 6.92 Å². The van der Waals surface area contributed by atoms with Gasteiger partial charge in [-0.25, -0.2) is 17.7 Å². The van der Waals surface area contributed by atoms with Crippen molar-refractivity contribution in [3.8, 4) is 0 Å². The van der Waals surface area contributed by atoms with Gasteiger partial charge in [0.2, 0.25) is 0 Å². The van der Waals surface area contributed by atoms with Crippen LogP contribution >= 0.6 is 11.8 Å². The van der Waals surface area contributed by atoms with Crippen LogP contribution in [0.5, 0.6) is 0 Å². The Balaban J connectivity index is 1.45. The summed E-state index contributed by atoms with van der Waals surface area (Å²) in [6, 6.07) is 16.8. The normalized spacial score (nSPS) is 16.9. The highest BCUT2D eigenvalue weighted by molar-refractivity contribution is 8.15. The largest absolute Gasteiger partial charge is 0.266 e. The minimum absolute atomic E-state index is 0.0499. The second-order valence-corrected chi connectivity index (χ2v) is 13.5. The monoisotopic (exact) mass is 556 g/mol. The third kappa shape index (κ3) is 10.1. The summed E-state index contributed by atoms with van der Waals surface area (Å²) >= 11 is 1.56. The Morgan fingerprint density at radius 1 is 0.763 bits per heavy atom. The van der Waals surface area contributed by atoms with Crippen molar-refractivity contribution < 1.29 is 8.42 Å². The van der Waals surface area contributed by atoms with Crippen molar-refractivity contribution in [1.29, 1.82) is 0 Å². The third-order valence-electron chi connectivity index (χ3n) is 7.37. The van der Waals surface area contributed by atoms with E-state index in [-0.39, 0.29) is 6.04 Å². The highest BCUT2D eigenvalue weighted by Crippen LogP contribution is 2.35. The molecular formula is C32H48N2O2S2. The number of amidine groups is 1. The van der Waals surface area contributed by atoms with E-state index in [1.807, 2.05) is 49.4 Å². The van der Waals surface area contributed by atoms with Crippen LogP contribution in [0.15, 0.2) is 64.5 Å². The van der Waals surface area contributed by atoms with Crippen molar-refractivity contribution in [2.75, 3.05) is 5.75 Å². The van der Waals surface area contributed by atoms with Crippen LogP contribution in [0.3, 0.4) is 0 Å². The van der Waals surface area contributed by atoms with E-state index in [4.69, 9.17) is 4.99 Å². The molecule has 1 heterocycles. The number of aliphatic imine (C=N–C) groups is 1. The number of hydrogen-bond acceptors (Lipinski definition) is 4. The Morgan fingerprint density at radius 2 is 1.29 bits per heavy atom. The third-order valence-corrected chi connectivity index (χ3v) is 10.4. The van der Waals surface area contributed by atoms with Gasteiger partial charge in [-0.2, -0.15) is 0 Å². The zero-order valence-corrected chi connectivity index (χ0v) is 25.2. The lowest BCUT2D eigenvalue weighted by molar-refractivity contribution is 0.427. The van der Waals surface area contributed by atoms with Crippen LogP contribution in [0.2, 0.25) is 0 Å². The van der Waals surface area contributed by atoms with E-state index in [1.54, 1.807) is 28.2 Å². The SMILES string of the molecule is CCCCCCCCCCCCCCCCC1CSC(=Nc2ccccc2)N1S(=O)(=O)c1ccc(C)cc1. The predicted octanol–water partition coefficient (Wildman–Crippen LogP) is 9.66. The molecule has 210 valence electrons. The average Bonchev–Trinajstić information content (AvgIpc) is 3.32. The minimum Gasteiger partial charge on any atom is -0.240 e. The van der Waals surface area contributed by atoms with Crippen molar-refractivity contribution in [3.63, 3.8) is 0 Å². The summed E-state index contributed by atoms with van der Waals surface area (Å²) in [6.07, 6.45) is 19.5. The Kier molecular flexibility index (Phi) is 13.8. The van der Waals surface area contributed by atoms with E-state index in [9.17, 15) is 8.42 Å². The van der Waals surface area contributed by atoms with Crippen LogP contribution in [-0.4, -0.2) is 29.7 Å². The summed E-state index contributed by atoms with van der Waals surface area (Å²) in [5.74, 6) is 0.759. The number of rotatable bonds is 18. The molecule has 0 aliphatic carbocycles. The van der Waals surface area contributed by atoms with E-state index < -0.39 is 10.0 Å². The van der Waals surface area contributed by atoms with Crippen molar-refractivity contribution in [2.24, 2.45) is 4.99 Å². The molecule has 4 nitrogen and oxygen atoms in total. The second kappa shape index (κ2) is 17.0. The molecule has 0 saturated carbocycles. The van der Waals surface area contributed by atoms with Crippen molar-refractivity contribution in [2.45, 2.75) is 121 Å². The molecule has 2 aromatic carbocycles. The van der Waals surface area contributed by atoms with Gasteiger partial charge in [-0.15, -0.1) is 0 Å². The van der Waals surface area contributed by atoms with E-state index in [1.165, 1.54) is 83.5 Å². The average molecular weight is 557 g/mol. The summed E-state index contributed by atoms with van der Waals surface area (Å²) in [4.78, 5) is 5.09. The quantitative estimate of drug-likeness (QED) is 0.172. The van der Waals surface area contributed by atoms with E-state index >= 15 is 0 Å². The maximum absolute atomic E-state index is 13.7. The van der Waals surface area contributed by atoms with Crippen molar-refractivity contribution in [1.82, 2.24) is 4.31 Å². The summed E-state index contributed by atoms with van der Waals surface area (Å²) in [7, 11) is -3.66. The summed E-state index contributed by atoms with van der Waals surface area (Å²) in [5, 5.41) is 0.590. The standard InChI is InChI=1S/C32H48N2O2S2/c1-3-4-5-6-7-8-9-10-11-12-13-14-15-19-22-30-27-37-32(33-29-20-17-16-18-21-29)34(30)38(35,36)31-25-23-28(2)24-26-31/h16-18,20-21,23-26,30H,3-15,19,22,27H2,1-2H3. The second-order valence-electron chi connectivity index (χ2n) is 10.7. The molecule has 38 heavy (non-hydrogen) atoms. The lowest BCUT2D eigenvalue weighted by Crippen LogP contribution is -2.39. The first kappa shape index (κ1) is 30.7. The fourth-order valence-corrected chi connectivity index (χ4v) is 8.23. The Labute approximate surface area is 236 Å². The van der Waals surface area contributed by atoms with E-state index in [0.717, 1.165) is 29.8 Å².